The number of carboxylic acid groups (broad SMARTS) is 1. The molecule has 0 saturated carbocycles. The van der Waals surface area contributed by atoms with Crippen LogP contribution < -0.4 is 10.5 Å². The highest BCUT2D eigenvalue weighted by Crippen LogP contribution is 2.24. The SMILES string of the molecule is COc1cc(F)cc(F)c1CC(N)C(=O)O. The van der Waals surface area contributed by atoms with Crippen LogP contribution in [0.4, 0.5) is 8.78 Å². The van der Waals surface area contributed by atoms with Crippen LogP contribution in [0.1, 0.15) is 5.56 Å². The van der Waals surface area contributed by atoms with Gasteiger partial charge >= 0.3 is 5.97 Å². The van der Waals surface area contributed by atoms with E-state index in [1.54, 1.807) is 0 Å². The summed E-state index contributed by atoms with van der Waals surface area (Å²) in [4.78, 5) is 10.5. The Morgan fingerprint density at radius 1 is 1.56 bits per heavy atom. The molecule has 0 saturated heterocycles. The minimum absolute atomic E-state index is 0.0428. The molecule has 3 N–H and O–H groups in total. The first-order valence-electron chi connectivity index (χ1n) is 4.46. The molecule has 0 amide bonds. The van der Waals surface area contributed by atoms with E-state index in [9.17, 15) is 13.6 Å². The largest absolute Gasteiger partial charge is 0.496 e. The predicted octanol–water partition coefficient (Wildman–Crippen LogP) is 0.928. The Morgan fingerprint density at radius 3 is 2.69 bits per heavy atom. The highest BCUT2D eigenvalue weighted by Gasteiger charge is 2.19. The number of ether oxygens (including phenoxy) is 1. The standard InChI is InChI=1S/C10H11F2NO3/c1-16-9-3-5(11)2-7(12)6(9)4-8(13)10(14)15/h2-3,8H,4,13H2,1H3,(H,14,15). The number of hydrogen-bond donors (Lipinski definition) is 2. The van der Waals surface area contributed by atoms with Crippen LogP contribution in [0.2, 0.25) is 0 Å². The highest BCUT2D eigenvalue weighted by atomic mass is 19.1. The van der Waals surface area contributed by atoms with Crippen LogP contribution in [0.15, 0.2) is 12.1 Å². The van der Waals surface area contributed by atoms with Crippen molar-refractivity contribution in [3.63, 3.8) is 0 Å². The zero-order valence-electron chi connectivity index (χ0n) is 8.54. The number of hydrogen-bond acceptors (Lipinski definition) is 3. The third-order valence-electron chi connectivity index (χ3n) is 2.08. The summed E-state index contributed by atoms with van der Waals surface area (Å²) in [6.45, 7) is 0. The fraction of sp³-hybridized carbons (Fsp3) is 0.300. The van der Waals surface area contributed by atoms with Crippen LogP contribution in [0, 0.1) is 11.6 Å². The van der Waals surface area contributed by atoms with E-state index in [0.29, 0.717) is 6.07 Å². The molecule has 0 heterocycles. The number of carbonyl (C=O) groups is 1. The first kappa shape index (κ1) is 12.4. The van der Waals surface area contributed by atoms with Crippen molar-refractivity contribution < 1.29 is 23.4 Å². The van der Waals surface area contributed by atoms with Crippen LogP contribution in [-0.2, 0) is 11.2 Å². The zero-order chi connectivity index (χ0) is 12.3. The first-order valence-corrected chi connectivity index (χ1v) is 4.46. The molecule has 1 aromatic rings. The molecule has 0 bridgehead atoms. The van der Waals surface area contributed by atoms with E-state index in [0.717, 1.165) is 6.07 Å². The molecule has 1 rings (SSSR count). The number of nitrogens with two attached hydrogens (primary N) is 1. The Kier molecular flexibility index (Phi) is 3.78. The van der Waals surface area contributed by atoms with E-state index in [1.165, 1.54) is 7.11 Å². The van der Waals surface area contributed by atoms with Crippen molar-refractivity contribution in [1.29, 1.82) is 0 Å². The van der Waals surface area contributed by atoms with Gasteiger partial charge in [-0.25, -0.2) is 8.78 Å². The van der Waals surface area contributed by atoms with Crippen molar-refractivity contribution in [3.05, 3.63) is 29.3 Å². The molecule has 0 radical (unpaired) electrons. The Morgan fingerprint density at radius 2 is 2.19 bits per heavy atom. The number of aliphatic carboxylic acids is 1. The molecular weight excluding hydrogens is 220 g/mol. The maximum absolute atomic E-state index is 13.4. The quantitative estimate of drug-likeness (QED) is 0.808. The molecule has 0 aromatic heterocycles. The van der Waals surface area contributed by atoms with Gasteiger partial charge in [0.05, 0.1) is 7.11 Å². The Labute approximate surface area is 90.6 Å². The molecule has 1 aromatic carbocycles. The van der Waals surface area contributed by atoms with Crippen molar-refractivity contribution >= 4 is 5.97 Å². The average Bonchev–Trinajstić information content (AvgIpc) is 2.21. The van der Waals surface area contributed by atoms with E-state index in [4.69, 9.17) is 15.6 Å². The fourth-order valence-electron chi connectivity index (χ4n) is 1.27. The average molecular weight is 231 g/mol. The Hall–Kier alpha value is -1.69. The zero-order valence-corrected chi connectivity index (χ0v) is 8.54. The molecule has 0 aliphatic rings. The van der Waals surface area contributed by atoms with Gasteiger partial charge in [0.2, 0.25) is 0 Å². The molecular formula is C10H11F2NO3. The van der Waals surface area contributed by atoms with E-state index in [-0.39, 0.29) is 17.7 Å². The molecule has 6 heteroatoms. The van der Waals surface area contributed by atoms with Gasteiger partial charge in [-0.1, -0.05) is 0 Å². The van der Waals surface area contributed by atoms with Crippen molar-refractivity contribution in [2.75, 3.05) is 7.11 Å². The van der Waals surface area contributed by atoms with E-state index >= 15 is 0 Å². The molecule has 88 valence electrons. The van der Waals surface area contributed by atoms with Gasteiger partial charge < -0.3 is 15.6 Å². The molecule has 0 fully saturated rings. The van der Waals surface area contributed by atoms with Crippen molar-refractivity contribution in [1.82, 2.24) is 0 Å². The minimum atomic E-state index is -1.26. The summed E-state index contributed by atoms with van der Waals surface area (Å²) < 4.78 is 30.9. The second-order valence-electron chi connectivity index (χ2n) is 3.22. The molecule has 1 atom stereocenters. The number of rotatable bonds is 4. The van der Waals surface area contributed by atoms with Gasteiger partial charge in [0.25, 0.3) is 0 Å². The van der Waals surface area contributed by atoms with E-state index in [2.05, 4.69) is 0 Å². The van der Waals surface area contributed by atoms with Gasteiger partial charge in [0.15, 0.2) is 0 Å². The number of halogens is 2. The molecule has 0 aliphatic carbocycles. The smallest absolute Gasteiger partial charge is 0.320 e. The van der Waals surface area contributed by atoms with Crippen LogP contribution in [0.3, 0.4) is 0 Å². The second-order valence-corrected chi connectivity index (χ2v) is 3.22. The summed E-state index contributed by atoms with van der Waals surface area (Å²) >= 11 is 0. The van der Waals surface area contributed by atoms with Crippen LogP contribution in [-0.4, -0.2) is 24.2 Å². The van der Waals surface area contributed by atoms with Crippen molar-refractivity contribution in [2.24, 2.45) is 5.73 Å². The monoisotopic (exact) mass is 231 g/mol. The lowest BCUT2D eigenvalue weighted by Gasteiger charge is -2.12. The minimum Gasteiger partial charge on any atom is -0.496 e. The van der Waals surface area contributed by atoms with Crippen LogP contribution >= 0.6 is 0 Å². The summed E-state index contributed by atoms with van der Waals surface area (Å²) in [5.41, 5.74) is 5.22. The van der Waals surface area contributed by atoms with E-state index < -0.39 is 23.6 Å². The van der Waals surface area contributed by atoms with Crippen molar-refractivity contribution in [3.8, 4) is 5.75 Å². The number of benzene rings is 1. The molecule has 0 aliphatic heterocycles. The molecule has 0 spiro atoms. The van der Waals surface area contributed by atoms with Crippen molar-refractivity contribution in [2.45, 2.75) is 12.5 Å². The topological polar surface area (TPSA) is 72.5 Å². The molecule has 16 heavy (non-hydrogen) atoms. The number of methoxy groups -OCH3 is 1. The third kappa shape index (κ3) is 2.66. The second kappa shape index (κ2) is 4.89. The van der Waals surface area contributed by atoms with Crippen LogP contribution in [0.5, 0.6) is 5.75 Å². The van der Waals surface area contributed by atoms with Gasteiger partial charge in [-0.05, 0) is 0 Å². The summed E-state index contributed by atoms with van der Waals surface area (Å²) in [6, 6.07) is 0.383. The number of carboxylic acids is 1. The molecule has 1 unspecified atom stereocenters. The van der Waals surface area contributed by atoms with Gasteiger partial charge in [0, 0.05) is 24.1 Å². The Bertz CT molecular complexity index is 409. The van der Waals surface area contributed by atoms with Crippen LogP contribution in [0.25, 0.3) is 0 Å². The summed E-state index contributed by atoms with van der Waals surface area (Å²) in [5.74, 6) is -2.96. The highest BCUT2D eigenvalue weighted by molar-refractivity contribution is 5.73. The predicted molar refractivity (Wildman–Crippen MR) is 52.2 cm³/mol. The van der Waals surface area contributed by atoms with Gasteiger partial charge in [-0.3, -0.25) is 4.79 Å². The van der Waals surface area contributed by atoms with Gasteiger partial charge in [-0.15, -0.1) is 0 Å². The maximum Gasteiger partial charge on any atom is 0.320 e. The third-order valence-corrected chi connectivity index (χ3v) is 2.08. The maximum atomic E-state index is 13.4. The lowest BCUT2D eigenvalue weighted by Crippen LogP contribution is -2.32. The lowest BCUT2D eigenvalue weighted by atomic mass is 10.0. The molecule has 4 nitrogen and oxygen atoms in total. The van der Waals surface area contributed by atoms with Gasteiger partial charge in [0.1, 0.15) is 23.4 Å². The van der Waals surface area contributed by atoms with Gasteiger partial charge in [-0.2, -0.15) is 0 Å². The summed E-state index contributed by atoms with van der Waals surface area (Å²) in [7, 11) is 1.24. The fourth-order valence-corrected chi connectivity index (χ4v) is 1.27. The lowest BCUT2D eigenvalue weighted by molar-refractivity contribution is -0.138. The summed E-state index contributed by atoms with van der Waals surface area (Å²) in [6.07, 6.45) is -0.259. The van der Waals surface area contributed by atoms with E-state index in [1.807, 2.05) is 0 Å². The first-order chi connectivity index (χ1) is 7.45. The Balaban J connectivity index is 3.07. The summed E-state index contributed by atoms with van der Waals surface area (Å²) in [5, 5.41) is 8.59. The normalized spacial score (nSPS) is 12.2.